The van der Waals surface area contributed by atoms with E-state index in [2.05, 4.69) is 42.6 Å². The minimum atomic E-state index is -0.502. The number of fused-ring (bicyclic) bond motifs is 2. The van der Waals surface area contributed by atoms with Crippen molar-refractivity contribution >= 4 is 29.5 Å². The molecule has 1 aliphatic carbocycles. The Kier molecular flexibility index (Phi) is 9.09. The maximum atomic E-state index is 13.6. The van der Waals surface area contributed by atoms with Crippen molar-refractivity contribution in [1.82, 2.24) is 35.5 Å². The number of hydrogen-bond donors (Lipinski definition) is 4. The van der Waals surface area contributed by atoms with E-state index in [-0.39, 0.29) is 48.9 Å². The number of esters is 1. The Bertz CT molecular complexity index is 1870. The Morgan fingerprint density at radius 1 is 1.22 bits per heavy atom. The van der Waals surface area contributed by atoms with Gasteiger partial charge in [0.15, 0.2) is 6.19 Å². The largest absolute Gasteiger partial charge is 0.458 e. The van der Waals surface area contributed by atoms with Gasteiger partial charge in [-0.25, -0.2) is 14.8 Å². The maximum Gasteiger partial charge on any atom is 0.338 e. The first-order valence-electron chi connectivity index (χ1n) is 14.0. The van der Waals surface area contributed by atoms with Crippen molar-refractivity contribution < 1.29 is 19.1 Å². The Morgan fingerprint density at radius 2 is 2.04 bits per heavy atom. The lowest BCUT2D eigenvalue weighted by atomic mass is 9.98. The zero-order chi connectivity index (χ0) is 31.9. The second-order valence-electron chi connectivity index (χ2n) is 10.2. The minimum Gasteiger partial charge on any atom is -0.458 e. The molecule has 0 fully saturated rings. The highest BCUT2D eigenvalue weighted by molar-refractivity contribution is 5.98. The number of nitriles is 1. The molecule has 14 heteroatoms. The van der Waals surface area contributed by atoms with Gasteiger partial charge in [-0.15, -0.1) is 0 Å². The number of ether oxygens (including phenoxy) is 1. The first kappa shape index (κ1) is 30.4. The van der Waals surface area contributed by atoms with E-state index in [4.69, 9.17) is 15.7 Å². The number of nitrogens with one attached hydrogen (secondary N) is 3. The molecule has 0 saturated heterocycles. The molecule has 1 atom stereocenters. The molecule has 14 nitrogen and oxygen atoms in total. The van der Waals surface area contributed by atoms with Crippen LogP contribution >= 0.6 is 0 Å². The monoisotopic (exact) mass is 606 g/mol. The summed E-state index contributed by atoms with van der Waals surface area (Å²) >= 11 is 0. The molecule has 228 valence electrons. The van der Waals surface area contributed by atoms with E-state index in [1.807, 2.05) is 37.3 Å². The Balaban J connectivity index is 1.30. The number of hydrogen-bond acceptors (Lipinski definition) is 9. The molecular formula is C31H30N10O4. The quantitative estimate of drug-likeness (QED) is 0.0516. The van der Waals surface area contributed by atoms with Gasteiger partial charge < -0.3 is 21.1 Å². The number of carbonyl (C=O) groups excluding carboxylic acids is 3. The number of nitrogens with two attached hydrogens (primary N) is 1. The van der Waals surface area contributed by atoms with Crippen molar-refractivity contribution in [3.63, 3.8) is 0 Å². The highest BCUT2D eigenvalue weighted by Crippen LogP contribution is 2.35. The number of carbonyl (C=O) groups is 3. The molecule has 5 rings (SSSR count). The number of amides is 2. The summed E-state index contributed by atoms with van der Waals surface area (Å²) in [5.74, 6) is -1.27. The fourth-order valence-electron chi connectivity index (χ4n) is 5.17. The van der Waals surface area contributed by atoms with Crippen LogP contribution in [-0.2, 0) is 24.2 Å². The van der Waals surface area contributed by atoms with Gasteiger partial charge in [0.25, 0.3) is 17.6 Å². The van der Waals surface area contributed by atoms with E-state index in [1.165, 1.54) is 23.0 Å². The summed E-state index contributed by atoms with van der Waals surface area (Å²) in [5.41, 5.74) is 10.5. The molecule has 0 saturated carbocycles. The van der Waals surface area contributed by atoms with Gasteiger partial charge in [0, 0.05) is 12.6 Å². The number of benzene rings is 2. The summed E-state index contributed by atoms with van der Waals surface area (Å²) in [7, 11) is 0. The van der Waals surface area contributed by atoms with Crippen LogP contribution in [-0.4, -0.2) is 49.9 Å². The van der Waals surface area contributed by atoms with E-state index < -0.39 is 17.8 Å². The molecule has 0 spiro atoms. The molecule has 5 N–H and O–H groups in total. The van der Waals surface area contributed by atoms with Gasteiger partial charge in [-0.05, 0) is 53.6 Å². The average Bonchev–Trinajstić information content (AvgIpc) is 3.69. The van der Waals surface area contributed by atoms with Crippen LogP contribution in [0, 0.1) is 18.4 Å². The fraction of sp³-hybridized carbons (Fsp3) is 0.226. The van der Waals surface area contributed by atoms with E-state index in [1.54, 1.807) is 12.3 Å². The summed E-state index contributed by atoms with van der Waals surface area (Å²) in [5, 5.41) is 20.9. The first-order valence-corrected chi connectivity index (χ1v) is 14.0. The minimum absolute atomic E-state index is 0.00195. The topological polar surface area (TPSA) is 202 Å². The SMILES string of the molecule is C=CCOC(=O)c1ccc2c(c1C)CC[C@@H]2NC(=O)c1cc(C(=O)NCc2cccc(CN=C(N)NC#N)c2)nc2ncnn12. The second kappa shape index (κ2) is 13.5. The zero-order valence-electron chi connectivity index (χ0n) is 24.4. The summed E-state index contributed by atoms with van der Waals surface area (Å²) in [6.07, 6.45) is 5.79. The fourth-order valence-corrected chi connectivity index (χ4v) is 5.17. The van der Waals surface area contributed by atoms with Crippen molar-refractivity contribution in [2.75, 3.05) is 6.61 Å². The van der Waals surface area contributed by atoms with Gasteiger partial charge in [0.2, 0.25) is 5.96 Å². The van der Waals surface area contributed by atoms with Gasteiger partial charge in [-0.2, -0.15) is 19.9 Å². The maximum absolute atomic E-state index is 13.6. The number of rotatable bonds is 10. The number of nitrogens with zero attached hydrogens (tertiary/aromatic N) is 6. The summed E-state index contributed by atoms with van der Waals surface area (Å²) in [6.45, 7) is 6.00. The number of guanidine groups is 1. The summed E-state index contributed by atoms with van der Waals surface area (Å²) < 4.78 is 6.48. The standard InChI is InChI=1S/C31H30N10O4/c1-3-11-45-29(44)22-7-8-23-21(18(22)2)9-10-24(23)39-28(43)26-13-25(40-31-37-17-38-41(26)31)27(42)34-14-19-5-4-6-20(12-19)15-35-30(33)36-16-32/h3-8,12-13,17,24H,1,9-11,14-15H2,2H3,(H,34,42)(H,39,43)(H3,33,35,36)/t24-/m0/s1. The molecule has 2 aromatic carbocycles. The predicted octanol–water partition coefficient (Wildman–Crippen LogP) is 2.01. The lowest BCUT2D eigenvalue weighted by Gasteiger charge is -2.16. The van der Waals surface area contributed by atoms with Crippen molar-refractivity contribution in [2.45, 2.75) is 38.9 Å². The molecule has 0 bridgehead atoms. The molecule has 0 aliphatic heterocycles. The summed E-state index contributed by atoms with van der Waals surface area (Å²) in [4.78, 5) is 51.6. The number of aliphatic imine (C=N–C) groups is 1. The normalized spacial score (nSPS) is 13.9. The van der Waals surface area contributed by atoms with Crippen LogP contribution in [0.15, 0.2) is 66.4 Å². The summed E-state index contributed by atoms with van der Waals surface area (Å²) in [6, 6.07) is 12.0. The van der Waals surface area contributed by atoms with E-state index in [0.29, 0.717) is 18.4 Å². The van der Waals surface area contributed by atoms with Gasteiger partial charge in [0.1, 0.15) is 24.3 Å². The van der Waals surface area contributed by atoms with E-state index >= 15 is 0 Å². The molecule has 45 heavy (non-hydrogen) atoms. The molecule has 0 radical (unpaired) electrons. The van der Waals surface area contributed by atoms with Crippen molar-refractivity contribution in [2.24, 2.45) is 10.7 Å². The molecule has 2 aromatic heterocycles. The van der Waals surface area contributed by atoms with E-state index in [0.717, 1.165) is 27.8 Å². The van der Waals surface area contributed by atoms with Crippen LogP contribution in [0.4, 0.5) is 0 Å². The lowest BCUT2D eigenvalue weighted by molar-refractivity contribution is 0.0548. The van der Waals surface area contributed by atoms with Crippen molar-refractivity contribution in [3.05, 3.63) is 106 Å². The van der Waals surface area contributed by atoms with E-state index in [9.17, 15) is 14.4 Å². The Hall–Kier alpha value is -6.10. The van der Waals surface area contributed by atoms with Crippen LogP contribution in [0.2, 0.25) is 0 Å². The zero-order valence-corrected chi connectivity index (χ0v) is 24.4. The van der Waals surface area contributed by atoms with Crippen molar-refractivity contribution in [1.29, 1.82) is 5.26 Å². The highest BCUT2D eigenvalue weighted by Gasteiger charge is 2.29. The Morgan fingerprint density at radius 3 is 2.84 bits per heavy atom. The van der Waals surface area contributed by atoms with Gasteiger partial charge in [-0.3, -0.25) is 14.9 Å². The second-order valence-corrected chi connectivity index (χ2v) is 10.2. The molecule has 2 amide bonds. The molecule has 0 unspecified atom stereocenters. The van der Waals surface area contributed by atoms with Gasteiger partial charge in [0.05, 0.1) is 18.2 Å². The molecular weight excluding hydrogens is 576 g/mol. The molecule has 1 aliphatic rings. The first-order chi connectivity index (χ1) is 21.8. The third-order valence-electron chi connectivity index (χ3n) is 7.33. The third kappa shape index (κ3) is 6.78. The highest BCUT2D eigenvalue weighted by atomic mass is 16.5. The van der Waals surface area contributed by atoms with Gasteiger partial charge >= 0.3 is 5.97 Å². The lowest BCUT2D eigenvalue weighted by Crippen LogP contribution is -2.30. The average molecular weight is 607 g/mol. The number of aromatic nitrogens is 4. The Labute approximate surface area is 258 Å². The predicted molar refractivity (Wildman–Crippen MR) is 163 cm³/mol. The van der Waals surface area contributed by atoms with Crippen LogP contribution in [0.1, 0.15) is 71.6 Å². The molecule has 4 aromatic rings. The third-order valence-corrected chi connectivity index (χ3v) is 7.33. The van der Waals surface area contributed by atoms with Crippen LogP contribution in [0.3, 0.4) is 0 Å². The van der Waals surface area contributed by atoms with Crippen molar-refractivity contribution in [3.8, 4) is 6.19 Å². The van der Waals surface area contributed by atoms with Crippen LogP contribution < -0.4 is 21.7 Å². The molecule has 2 heterocycles. The van der Waals surface area contributed by atoms with Gasteiger partial charge in [-0.1, -0.05) is 43.0 Å². The van der Waals surface area contributed by atoms with Crippen LogP contribution in [0.25, 0.3) is 5.78 Å². The van der Waals surface area contributed by atoms with Crippen LogP contribution in [0.5, 0.6) is 0 Å². The smallest absolute Gasteiger partial charge is 0.338 e.